The highest BCUT2D eigenvalue weighted by molar-refractivity contribution is 5.81. The number of aliphatic hydroxyl groups excluding tert-OH is 3. The monoisotopic (exact) mass is 461 g/mol. The molecular formula is C20H23N5O8. The molecule has 1 saturated heterocycles. The number of rotatable bonds is 7. The number of carboxylic acids is 1. The Kier molecular flexibility index (Phi) is 5.80. The summed E-state index contributed by atoms with van der Waals surface area (Å²) in [5.74, 6) is -1.16. The minimum atomic E-state index is -1.78. The van der Waals surface area contributed by atoms with Crippen molar-refractivity contribution in [3.63, 3.8) is 0 Å². The lowest BCUT2D eigenvalue weighted by molar-refractivity contribution is -0.164. The first-order valence-electron chi connectivity index (χ1n) is 9.91. The molecule has 176 valence electrons. The highest BCUT2D eigenvalue weighted by Gasteiger charge is 2.58. The van der Waals surface area contributed by atoms with Gasteiger partial charge in [-0.25, -0.2) is 15.0 Å². The maximum Gasteiger partial charge on any atom is 0.306 e. The van der Waals surface area contributed by atoms with Crippen LogP contribution in [-0.4, -0.2) is 82.5 Å². The highest BCUT2D eigenvalue weighted by Crippen LogP contribution is 2.42. The van der Waals surface area contributed by atoms with Crippen molar-refractivity contribution in [3.05, 3.63) is 36.4 Å². The number of anilines is 1. The molecule has 0 radical (unpaired) electrons. The average Bonchev–Trinajstić information content (AvgIpc) is 3.31. The molecule has 1 unspecified atom stereocenters. The van der Waals surface area contributed by atoms with E-state index in [2.05, 4.69) is 15.0 Å². The Morgan fingerprint density at radius 1 is 1.33 bits per heavy atom. The largest absolute Gasteiger partial charge is 0.504 e. The lowest BCUT2D eigenvalue weighted by Crippen LogP contribution is -2.47. The van der Waals surface area contributed by atoms with Crippen molar-refractivity contribution in [3.8, 4) is 11.5 Å². The minimum Gasteiger partial charge on any atom is -0.504 e. The molecule has 2 aromatic heterocycles. The van der Waals surface area contributed by atoms with Gasteiger partial charge in [-0.05, 0) is 17.7 Å². The first kappa shape index (κ1) is 22.7. The maximum absolute atomic E-state index is 11.2. The number of aromatic hydroxyl groups is 1. The first-order chi connectivity index (χ1) is 15.7. The van der Waals surface area contributed by atoms with Gasteiger partial charge < -0.3 is 40.7 Å². The molecule has 0 bridgehead atoms. The smallest absolute Gasteiger partial charge is 0.306 e. The van der Waals surface area contributed by atoms with Crippen LogP contribution in [0.15, 0.2) is 30.9 Å². The third-order valence-electron chi connectivity index (χ3n) is 5.70. The van der Waals surface area contributed by atoms with Crippen LogP contribution in [0.4, 0.5) is 5.82 Å². The topological polar surface area (TPSA) is 206 Å². The zero-order chi connectivity index (χ0) is 23.9. The van der Waals surface area contributed by atoms with Gasteiger partial charge in [-0.15, -0.1) is 0 Å². The number of methoxy groups -OCH3 is 1. The molecule has 33 heavy (non-hydrogen) atoms. The van der Waals surface area contributed by atoms with E-state index in [9.17, 15) is 25.2 Å². The Balaban J connectivity index is 1.85. The van der Waals surface area contributed by atoms with Crippen LogP contribution in [0.1, 0.15) is 12.0 Å². The van der Waals surface area contributed by atoms with E-state index in [1.165, 1.54) is 36.5 Å². The van der Waals surface area contributed by atoms with Gasteiger partial charge in [-0.2, -0.15) is 0 Å². The van der Waals surface area contributed by atoms with Crippen molar-refractivity contribution < 1.29 is 39.8 Å². The summed E-state index contributed by atoms with van der Waals surface area (Å²) < 4.78 is 12.6. The summed E-state index contributed by atoms with van der Waals surface area (Å²) in [6.07, 6.45) is -4.65. The number of carboxylic acid groups (broad SMARTS) is 1. The van der Waals surface area contributed by atoms with Gasteiger partial charge in [0.05, 0.1) is 26.0 Å². The molecule has 4 rings (SSSR count). The van der Waals surface area contributed by atoms with Crippen LogP contribution < -0.4 is 10.5 Å². The molecule has 7 N–H and O–H groups in total. The number of phenolic OH excluding ortho intramolecular Hbond substituents is 1. The van der Waals surface area contributed by atoms with Crippen LogP contribution in [0.3, 0.4) is 0 Å². The SMILES string of the molecule is COc1cc(C[C@@]2(n3cnc4c(N)ncnc43)O[C@H](C(O)CC(=O)O)[C@@H](O)[C@H]2O)ccc1O. The fraction of sp³-hybridized carbons (Fsp3) is 0.400. The summed E-state index contributed by atoms with van der Waals surface area (Å²) in [7, 11) is 1.38. The van der Waals surface area contributed by atoms with Crippen LogP contribution in [0, 0.1) is 0 Å². The number of nitrogen functional groups attached to an aromatic ring is 1. The number of aliphatic carboxylic acids is 1. The number of ether oxygens (including phenoxy) is 2. The number of imidazole rings is 1. The first-order valence-corrected chi connectivity index (χ1v) is 9.91. The van der Waals surface area contributed by atoms with Crippen molar-refractivity contribution >= 4 is 23.0 Å². The van der Waals surface area contributed by atoms with E-state index in [-0.39, 0.29) is 34.9 Å². The Labute approximate surface area is 186 Å². The number of fused-ring (bicyclic) bond motifs is 1. The number of benzene rings is 1. The normalized spacial score (nSPS) is 25.9. The van der Waals surface area contributed by atoms with Crippen LogP contribution in [0.2, 0.25) is 0 Å². The standard InChI is InChI=1S/C20H23N5O8/c1-32-12-4-9(2-3-10(12)26)6-20(25-8-24-14-18(21)22-7-23-19(14)25)17(31)15(30)16(33-20)11(27)5-13(28)29/h2-4,7-8,11,15-17,26-27,30-31H,5-6H2,1H3,(H,28,29)(H2,21,22,23)/t11?,15-,16-,17-,20-/m1/s1. The molecule has 5 atom stereocenters. The Bertz CT molecular complexity index is 1190. The number of aliphatic hydroxyl groups is 3. The lowest BCUT2D eigenvalue weighted by Gasteiger charge is -2.34. The molecule has 1 aliphatic heterocycles. The van der Waals surface area contributed by atoms with Crippen molar-refractivity contribution in [1.29, 1.82) is 0 Å². The fourth-order valence-electron chi connectivity index (χ4n) is 4.11. The van der Waals surface area contributed by atoms with Gasteiger partial charge in [-0.1, -0.05) is 6.07 Å². The Hall–Kier alpha value is -3.52. The van der Waals surface area contributed by atoms with Crippen LogP contribution in [0.5, 0.6) is 11.5 Å². The summed E-state index contributed by atoms with van der Waals surface area (Å²) >= 11 is 0. The summed E-state index contributed by atoms with van der Waals surface area (Å²) in [4.78, 5) is 23.4. The number of nitrogens with zero attached hydrogens (tertiary/aromatic N) is 4. The number of carbonyl (C=O) groups is 1. The number of aromatic nitrogens is 4. The van der Waals surface area contributed by atoms with Crippen LogP contribution in [-0.2, 0) is 21.7 Å². The van der Waals surface area contributed by atoms with Crippen molar-refractivity contribution in [2.24, 2.45) is 0 Å². The second kappa shape index (κ2) is 8.44. The van der Waals surface area contributed by atoms with Crippen LogP contribution >= 0.6 is 0 Å². The summed E-state index contributed by atoms with van der Waals surface area (Å²) in [5, 5.41) is 51.3. The van der Waals surface area contributed by atoms with E-state index in [0.29, 0.717) is 5.56 Å². The molecule has 0 saturated carbocycles. The van der Waals surface area contributed by atoms with E-state index in [0.717, 1.165) is 0 Å². The molecule has 13 heteroatoms. The van der Waals surface area contributed by atoms with Gasteiger partial charge >= 0.3 is 5.97 Å². The molecule has 0 spiro atoms. The van der Waals surface area contributed by atoms with Crippen molar-refractivity contribution in [2.45, 2.75) is 43.0 Å². The molecule has 3 heterocycles. The Morgan fingerprint density at radius 3 is 2.79 bits per heavy atom. The third kappa shape index (κ3) is 3.80. The van der Waals surface area contributed by atoms with Gasteiger partial charge in [0.2, 0.25) is 0 Å². The minimum absolute atomic E-state index is 0.0794. The average molecular weight is 461 g/mol. The lowest BCUT2D eigenvalue weighted by atomic mass is 9.93. The second-order valence-electron chi connectivity index (χ2n) is 7.76. The molecule has 0 aliphatic carbocycles. The van der Waals surface area contributed by atoms with E-state index in [1.54, 1.807) is 6.07 Å². The zero-order valence-corrected chi connectivity index (χ0v) is 17.4. The van der Waals surface area contributed by atoms with E-state index in [4.69, 9.17) is 20.3 Å². The summed E-state index contributed by atoms with van der Waals surface area (Å²) in [6, 6.07) is 4.47. The van der Waals surface area contributed by atoms with Gasteiger partial charge in [0, 0.05) is 6.42 Å². The molecule has 1 aliphatic rings. The van der Waals surface area contributed by atoms with Crippen molar-refractivity contribution in [2.75, 3.05) is 12.8 Å². The molecule has 3 aromatic rings. The van der Waals surface area contributed by atoms with Crippen LogP contribution in [0.25, 0.3) is 11.2 Å². The number of phenols is 1. The molecule has 0 amide bonds. The Morgan fingerprint density at radius 2 is 2.09 bits per heavy atom. The van der Waals surface area contributed by atoms with Crippen molar-refractivity contribution in [1.82, 2.24) is 19.5 Å². The zero-order valence-electron chi connectivity index (χ0n) is 17.4. The second-order valence-corrected chi connectivity index (χ2v) is 7.76. The van der Waals surface area contributed by atoms with E-state index < -0.39 is 42.5 Å². The quantitative estimate of drug-likeness (QED) is 0.250. The highest BCUT2D eigenvalue weighted by atomic mass is 16.6. The molecule has 1 fully saturated rings. The predicted octanol–water partition coefficient (Wildman–Crippen LogP) is -1.03. The van der Waals surface area contributed by atoms with E-state index >= 15 is 0 Å². The number of hydrogen-bond donors (Lipinski definition) is 6. The maximum atomic E-state index is 11.2. The van der Waals surface area contributed by atoms with Gasteiger partial charge in [0.25, 0.3) is 0 Å². The van der Waals surface area contributed by atoms with Gasteiger partial charge in [0.1, 0.15) is 30.2 Å². The molecular weight excluding hydrogens is 438 g/mol. The fourth-order valence-corrected chi connectivity index (χ4v) is 4.11. The summed E-state index contributed by atoms with van der Waals surface area (Å²) in [6.45, 7) is 0. The van der Waals surface area contributed by atoms with E-state index in [1.807, 2.05) is 0 Å². The predicted molar refractivity (Wildman–Crippen MR) is 111 cm³/mol. The molecule has 13 nitrogen and oxygen atoms in total. The van der Waals surface area contributed by atoms with Gasteiger partial charge in [-0.3, -0.25) is 9.36 Å². The third-order valence-corrected chi connectivity index (χ3v) is 5.70. The molecule has 1 aromatic carbocycles. The number of hydrogen-bond acceptors (Lipinski definition) is 11. The number of nitrogens with two attached hydrogens (primary N) is 1. The summed E-state index contributed by atoms with van der Waals surface area (Å²) in [5.41, 5.74) is 5.04. The van der Waals surface area contributed by atoms with Gasteiger partial charge in [0.15, 0.2) is 28.7 Å².